The summed E-state index contributed by atoms with van der Waals surface area (Å²) in [6, 6.07) is 2.04. The zero-order chi connectivity index (χ0) is 18.0. The maximum atomic E-state index is 12.9. The number of amides is 1. The van der Waals surface area contributed by atoms with Crippen molar-refractivity contribution in [3.63, 3.8) is 0 Å². The van der Waals surface area contributed by atoms with Crippen LogP contribution in [-0.4, -0.2) is 52.5 Å². The van der Waals surface area contributed by atoms with Gasteiger partial charge in [0, 0.05) is 43.9 Å². The van der Waals surface area contributed by atoms with Crippen LogP contribution in [0.1, 0.15) is 63.4 Å². The van der Waals surface area contributed by atoms with E-state index in [1.54, 1.807) is 0 Å². The Morgan fingerprint density at radius 1 is 1.12 bits per heavy atom. The number of carbonyl (C=O) groups is 1. The van der Waals surface area contributed by atoms with Crippen LogP contribution in [0, 0.1) is 6.92 Å². The van der Waals surface area contributed by atoms with Crippen LogP contribution in [0.2, 0.25) is 0 Å². The van der Waals surface area contributed by atoms with E-state index < -0.39 is 5.54 Å². The molecule has 0 unspecified atom stereocenters. The number of rotatable bonds is 3. The van der Waals surface area contributed by atoms with E-state index in [2.05, 4.69) is 23.7 Å². The largest absolute Gasteiger partial charge is 0.353 e. The van der Waals surface area contributed by atoms with E-state index in [9.17, 15) is 4.79 Å². The Morgan fingerprint density at radius 3 is 2.36 bits per heavy atom. The normalized spacial score (nSPS) is 20.8. The summed E-state index contributed by atoms with van der Waals surface area (Å²) in [6.45, 7) is 9.28. The fourth-order valence-corrected chi connectivity index (χ4v) is 3.84. The number of aromatic nitrogens is 2. The molecule has 0 bridgehead atoms. The summed E-state index contributed by atoms with van der Waals surface area (Å²) in [5.41, 5.74) is 6.79. The van der Waals surface area contributed by atoms with Crippen LogP contribution in [-0.2, 0) is 4.79 Å². The van der Waals surface area contributed by atoms with Crippen LogP contribution in [0.15, 0.2) is 6.07 Å². The molecule has 2 heterocycles. The van der Waals surface area contributed by atoms with E-state index in [4.69, 9.17) is 10.7 Å². The molecule has 1 amide bonds. The minimum atomic E-state index is -0.628. The quantitative estimate of drug-likeness (QED) is 0.909. The lowest BCUT2D eigenvalue weighted by Crippen LogP contribution is -2.60. The van der Waals surface area contributed by atoms with Crippen molar-refractivity contribution >= 4 is 11.7 Å². The summed E-state index contributed by atoms with van der Waals surface area (Å²) in [6.07, 6.45) is 5.00. The van der Waals surface area contributed by atoms with Crippen LogP contribution in [0.5, 0.6) is 0 Å². The van der Waals surface area contributed by atoms with Crippen molar-refractivity contribution in [2.75, 3.05) is 31.1 Å². The van der Waals surface area contributed by atoms with E-state index >= 15 is 0 Å². The van der Waals surface area contributed by atoms with Gasteiger partial charge in [-0.15, -0.1) is 0 Å². The standard InChI is InChI=1S/C19H31N5O/c1-14(2)17-21-15(3)13-16(22-17)23-9-11-24(12-10-23)18(25)19(20)7-5-4-6-8-19/h13-14H,4-12,20H2,1-3H3. The molecular weight excluding hydrogens is 314 g/mol. The fraction of sp³-hybridized carbons (Fsp3) is 0.737. The summed E-state index contributed by atoms with van der Waals surface area (Å²) in [5, 5.41) is 0. The predicted octanol–water partition coefficient (Wildman–Crippen LogP) is 2.22. The van der Waals surface area contributed by atoms with Gasteiger partial charge in [-0.1, -0.05) is 33.1 Å². The summed E-state index contributed by atoms with van der Waals surface area (Å²) in [7, 11) is 0. The number of anilines is 1. The second-order valence-electron chi connectivity index (χ2n) is 7.88. The highest BCUT2D eigenvalue weighted by atomic mass is 16.2. The number of piperazine rings is 1. The number of nitrogens with two attached hydrogens (primary N) is 1. The van der Waals surface area contributed by atoms with Crippen LogP contribution in [0.4, 0.5) is 5.82 Å². The second-order valence-corrected chi connectivity index (χ2v) is 7.88. The Morgan fingerprint density at radius 2 is 1.76 bits per heavy atom. The molecule has 0 aromatic carbocycles. The van der Waals surface area contributed by atoms with Gasteiger partial charge in [0.2, 0.25) is 5.91 Å². The number of hydrogen-bond donors (Lipinski definition) is 1. The molecule has 1 aromatic rings. The minimum Gasteiger partial charge on any atom is -0.353 e. The number of hydrogen-bond acceptors (Lipinski definition) is 5. The molecule has 1 saturated heterocycles. The predicted molar refractivity (Wildman–Crippen MR) is 99.7 cm³/mol. The SMILES string of the molecule is Cc1cc(N2CCN(C(=O)C3(N)CCCCC3)CC2)nc(C(C)C)n1. The first kappa shape index (κ1) is 18.1. The minimum absolute atomic E-state index is 0.147. The Kier molecular flexibility index (Phi) is 5.27. The average Bonchev–Trinajstić information content (AvgIpc) is 2.61. The molecule has 0 atom stereocenters. The molecule has 1 aliphatic carbocycles. The molecule has 6 nitrogen and oxygen atoms in total. The number of aryl methyl sites for hydroxylation is 1. The molecule has 0 spiro atoms. The molecule has 6 heteroatoms. The zero-order valence-corrected chi connectivity index (χ0v) is 15.8. The highest BCUT2D eigenvalue weighted by Crippen LogP contribution is 2.28. The Balaban J connectivity index is 1.65. The molecule has 138 valence electrons. The topological polar surface area (TPSA) is 75.3 Å². The molecule has 0 radical (unpaired) electrons. The fourth-order valence-electron chi connectivity index (χ4n) is 3.84. The summed E-state index contributed by atoms with van der Waals surface area (Å²) >= 11 is 0. The van der Waals surface area contributed by atoms with Crippen molar-refractivity contribution in [3.8, 4) is 0 Å². The zero-order valence-electron chi connectivity index (χ0n) is 15.8. The maximum absolute atomic E-state index is 12.9. The second kappa shape index (κ2) is 7.28. The van der Waals surface area contributed by atoms with Gasteiger partial charge in [0.05, 0.1) is 5.54 Å². The maximum Gasteiger partial charge on any atom is 0.242 e. The van der Waals surface area contributed by atoms with E-state index in [0.29, 0.717) is 5.92 Å². The van der Waals surface area contributed by atoms with Gasteiger partial charge >= 0.3 is 0 Å². The van der Waals surface area contributed by atoms with Crippen molar-refractivity contribution in [1.82, 2.24) is 14.9 Å². The van der Waals surface area contributed by atoms with Gasteiger partial charge in [-0.05, 0) is 19.8 Å². The van der Waals surface area contributed by atoms with E-state index in [0.717, 1.165) is 69.2 Å². The lowest BCUT2D eigenvalue weighted by atomic mass is 9.81. The first-order valence-corrected chi connectivity index (χ1v) is 9.58. The van der Waals surface area contributed by atoms with Crippen LogP contribution in [0.25, 0.3) is 0 Å². The lowest BCUT2D eigenvalue weighted by molar-refractivity contribution is -0.138. The van der Waals surface area contributed by atoms with Crippen molar-refractivity contribution in [3.05, 3.63) is 17.6 Å². The van der Waals surface area contributed by atoms with Crippen LogP contribution in [0.3, 0.4) is 0 Å². The summed E-state index contributed by atoms with van der Waals surface area (Å²) in [4.78, 5) is 26.3. The molecule has 25 heavy (non-hydrogen) atoms. The van der Waals surface area contributed by atoms with E-state index in [1.165, 1.54) is 6.42 Å². The van der Waals surface area contributed by atoms with Gasteiger partial charge in [-0.2, -0.15) is 0 Å². The van der Waals surface area contributed by atoms with Crippen molar-refractivity contribution < 1.29 is 4.79 Å². The molecule has 1 aromatic heterocycles. The summed E-state index contributed by atoms with van der Waals surface area (Å²) in [5.74, 6) is 2.32. The van der Waals surface area contributed by atoms with Gasteiger partial charge in [-0.3, -0.25) is 4.79 Å². The molecule has 1 saturated carbocycles. The Bertz CT molecular complexity index is 616. The van der Waals surface area contributed by atoms with Gasteiger partial charge < -0.3 is 15.5 Å². The third-order valence-corrected chi connectivity index (χ3v) is 5.44. The smallest absolute Gasteiger partial charge is 0.242 e. The van der Waals surface area contributed by atoms with Crippen LogP contribution >= 0.6 is 0 Å². The van der Waals surface area contributed by atoms with Gasteiger partial charge in [-0.25, -0.2) is 9.97 Å². The molecule has 2 N–H and O–H groups in total. The van der Waals surface area contributed by atoms with Gasteiger partial charge in [0.15, 0.2) is 0 Å². The van der Waals surface area contributed by atoms with Crippen LogP contribution < -0.4 is 10.6 Å². The van der Waals surface area contributed by atoms with E-state index in [1.807, 2.05) is 17.9 Å². The number of nitrogens with zero attached hydrogens (tertiary/aromatic N) is 4. The Labute approximate surface area is 150 Å². The molecule has 1 aliphatic heterocycles. The monoisotopic (exact) mass is 345 g/mol. The molecular formula is C19H31N5O. The van der Waals surface area contributed by atoms with Crippen molar-refractivity contribution in [2.24, 2.45) is 5.73 Å². The average molecular weight is 345 g/mol. The molecule has 2 aliphatic rings. The van der Waals surface area contributed by atoms with E-state index in [-0.39, 0.29) is 5.91 Å². The third kappa shape index (κ3) is 3.94. The highest BCUT2D eigenvalue weighted by Gasteiger charge is 2.39. The first-order valence-electron chi connectivity index (χ1n) is 9.58. The van der Waals surface area contributed by atoms with Gasteiger partial charge in [0.25, 0.3) is 0 Å². The first-order chi connectivity index (χ1) is 11.9. The number of carbonyl (C=O) groups excluding carboxylic acids is 1. The highest BCUT2D eigenvalue weighted by molar-refractivity contribution is 5.86. The third-order valence-electron chi connectivity index (χ3n) is 5.44. The molecule has 2 fully saturated rings. The summed E-state index contributed by atoms with van der Waals surface area (Å²) < 4.78 is 0. The molecule has 3 rings (SSSR count). The van der Waals surface area contributed by atoms with Crippen molar-refractivity contribution in [2.45, 2.75) is 64.3 Å². The van der Waals surface area contributed by atoms with Gasteiger partial charge in [0.1, 0.15) is 11.6 Å². The van der Waals surface area contributed by atoms with Crippen molar-refractivity contribution in [1.29, 1.82) is 0 Å². The lowest BCUT2D eigenvalue weighted by Gasteiger charge is -2.41. The Hall–Kier alpha value is -1.69.